The fraction of sp³-hybridized carbons (Fsp3) is 0.381. The maximum absolute atomic E-state index is 5.06. The largest absolute Gasteiger partial charge is 0.375 e. The van der Waals surface area contributed by atoms with Crippen LogP contribution >= 0.6 is 34.3 Å². The second-order valence-electron chi connectivity index (χ2n) is 6.83. The highest BCUT2D eigenvalue weighted by atomic mass is 127. The zero-order chi connectivity index (χ0) is 19.8. The van der Waals surface area contributed by atoms with Crippen molar-refractivity contribution in [1.29, 1.82) is 0 Å². The summed E-state index contributed by atoms with van der Waals surface area (Å²) in [4.78, 5) is 6.80. The third-order valence-corrected chi connectivity index (χ3v) is 5.88. The lowest BCUT2D eigenvalue weighted by atomic mass is 10.2. The van der Waals surface area contributed by atoms with Crippen LogP contribution in [0, 0.1) is 6.92 Å². The van der Waals surface area contributed by atoms with Gasteiger partial charge in [-0.1, -0.05) is 30.2 Å². The average Bonchev–Trinajstić information content (AvgIpc) is 3.11. The van der Waals surface area contributed by atoms with Crippen LogP contribution in [0.25, 0.3) is 10.2 Å². The molecule has 148 valence electrons. The quantitative estimate of drug-likeness (QED) is 0.163. The lowest BCUT2D eigenvalue weighted by Gasteiger charge is -2.19. The number of thiazole rings is 1. The minimum absolute atomic E-state index is 0.690. The molecule has 1 aromatic heterocycles. The van der Waals surface area contributed by atoms with Crippen LogP contribution in [-0.2, 0) is 3.07 Å². The maximum Gasteiger partial charge on any atom is 0.231 e. The van der Waals surface area contributed by atoms with Crippen LogP contribution in [0.1, 0.15) is 31.2 Å². The molecule has 0 saturated carbocycles. The first kappa shape index (κ1) is 21.1. The summed E-state index contributed by atoms with van der Waals surface area (Å²) in [5, 5.41) is 9.34. The van der Waals surface area contributed by atoms with Gasteiger partial charge < -0.3 is 7.97 Å². The molecule has 0 saturated heterocycles. The number of unbranched alkanes of at least 4 members (excludes halogenated alkanes) is 3. The molecule has 5 nitrogen and oxygen atoms in total. The zero-order valence-electron chi connectivity index (χ0n) is 16.3. The Bertz CT molecular complexity index is 910. The molecule has 0 unspecified atom stereocenters. The number of nitrogens with zero attached hydrogens (tertiary/aromatic N) is 4. The first-order chi connectivity index (χ1) is 13.7. The number of halogens is 1. The third kappa shape index (κ3) is 6.22. The smallest absolute Gasteiger partial charge is 0.231 e. The topological polar surface area (TPSA) is 50.1 Å². The summed E-state index contributed by atoms with van der Waals surface area (Å²) in [6.45, 7) is 3.99. The molecule has 0 aliphatic heterocycles. The van der Waals surface area contributed by atoms with E-state index in [1.54, 1.807) is 11.3 Å². The van der Waals surface area contributed by atoms with Crippen molar-refractivity contribution in [2.24, 2.45) is 10.2 Å². The van der Waals surface area contributed by atoms with E-state index in [9.17, 15) is 0 Å². The molecule has 0 amide bonds. The molecule has 0 spiro atoms. The molecular formula is C21H25IN4OS. The zero-order valence-corrected chi connectivity index (χ0v) is 19.2. The Kier molecular flexibility index (Phi) is 8.17. The van der Waals surface area contributed by atoms with Gasteiger partial charge >= 0.3 is 0 Å². The highest BCUT2D eigenvalue weighted by molar-refractivity contribution is 14.1. The van der Waals surface area contributed by atoms with Crippen molar-refractivity contribution in [3.8, 4) is 0 Å². The molecule has 28 heavy (non-hydrogen) atoms. The Morgan fingerprint density at radius 3 is 2.61 bits per heavy atom. The van der Waals surface area contributed by atoms with Gasteiger partial charge in [-0.05, 0) is 61.7 Å². The van der Waals surface area contributed by atoms with Crippen molar-refractivity contribution in [2.75, 3.05) is 25.1 Å². The van der Waals surface area contributed by atoms with Crippen molar-refractivity contribution in [2.45, 2.75) is 32.6 Å². The Labute approximate surface area is 184 Å². The normalized spacial score (nSPS) is 11.5. The molecule has 3 rings (SSSR count). The average molecular weight is 508 g/mol. The lowest BCUT2D eigenvalue weighted by molar-refractivity contribution is 0.401. The molecule has 7 heteroatoms. The molecule has 0 atom stereocenters. The van der Waals surface area contributed by atoms with Gasteiger partial charge in [0.2, 0.25) is 5.13 Å². The first-order valence-electron chi connectivity index (χ1n) is 9.49. The highest BCUT2D eigenvalue weighted by Crippen LogP contribution is 2.30. The fourth-order valence-corrected chi connectivity index (χ4v) is 4.12. The van der Waals surface area contributed by atoms with Crippen molar-refractivity contribution in [1.82, 2.24) is 4.98 Å². The van der Waals surface area contributed by atoms with E-state index < -0.39 is 0 Å². The predicted octanol–water partition coefficient (Wildman–Crippen LogP) is 7.38. The van der Waals surface area contributed by atoms with Crippen LogP contribution < -0.4 is 4.90 Å². The van der Waals surface area contributed by atoms with Gasteiger partial charge in [0.15, 0.2) is 0 Å². The standard InChI is InChI=1S/C21H25IN4OS/c1-16-7-12-19-20(15-16)28-21(23-19)25-24-17-8-10-18(11-9-17)26(2)13-5-3-4-6-14-27-22/h7-12,15H,3-6,13-14H2,1-2H3/b25-24+. The number of azo groups is 1. The van der Waals surface area contributed by atoms with Crippen LogP contribution in [0.4, 0.5) is 16.5 Å². The number of fused-ring (bicyclic) bond motifs is 1. The number of hydrogen-bond donors (Lipinski definition) is 0. The van der Waals surface area contributed by atoms with Crippen LogP contribution in [-0.4, -0.2) is 25.2 Å². The van der Waals surface area contributed by atoms with Crippen LogP contribution in [0.3, 0.4) is 0 Å². The first-order valence-corrected chi connectivity index (χ1v) is 11.2. The molecule has 0 aliphatic carbocycles. The Hall–Kier alpha value is -1.58. The molecule has 0 bridgehead atoms. The molecule has 0 aliphatic rings. The van der Waals surface area contributed by atoms with Gasteiger partial charge in [-0.25, -0.2) is 4.98 Å². The van der Waals surface area contributed by atoms with E-state index >= 15 is 0 Å². The monoisotopic (exact) mass is 508 g/mol. The maximum atomic E-state index is 5.06. The highest BCUT2D eigenvalue weighted by Gasteiger charge is 2.04. The summed E-state index contributed by atoms with van der Waals surface area (Å²) in [7, 11) is 2.13. The number of anilines is 1. The lowest BCUT2D eigenvalue weighted by Crippen LogP contribution is -2.18. The van der Waals surface area contributed by atoms with E-state index in [1.165, 1.54) is 30.5 Å². The summed E-state index contributed by atoms with van der Waals surface area (Å²) >= 11 is 3.52. The van der Waals surface area contributed by atoms with Gasteiger partial charge in [-0.15, -0.1) is 10.2 Å². The van der Waals surface area contributed by atoms with Gasteiger partial charge in [0.1, 0.15) is 23.0 Å². The minimum atomic E-state index is 0.690. The Balaban J connectivity index is 1.52. The van der Waals surface area contributed by atoms with Crippen LogP contribution in [0.15, 0.2) is 52.7 Å². The van der Waals surface area contributed by atoms with E-state index in [0.717, 1.165) is 35.5 Å². The Morgan fingerprint density at radius 2 is 1.82 bits per heavy atom. The summed E-state index contributed by atoms with van der Waals surface area (Å²) in [5.74, 6) is 0. The number of aromatic nitrogens is 1. The molecule has 1 heterocycles. The van der Waals surface area contributed by atoms with Gasteiger partial charge in [0, 0.05) is 19.3 Å². The van der Waals surface area contributed by atoms with Gasteiger partial charge in [0.05, 0.1) is 22.5 Å². The van der Waals surface area contributed by atoms with E-state index in [0.29, 0.717) is 5.13 Å². The second-order valence-corrected chi connectivity index (χ2v) is 8.46. The van der Waals surface area contributed by atoms with Crippen molar-refractivity contribution < 1.29 is 3.07 Å². The number of rotatable bonds is 10. The van der Waals surface area contributed by atoms with Gasteiger partial charge in [-0.3, -0.25) is 0 Å². The fourth-order valence-electron chi connectivity index (χ4n) is 2.92. The molecule has 3 aromatic rings. The summed E-state index contributed by atoms with van der Waals surface area (Å²) in [6, 6.07) is 14.4. The van der Waals surface area contributed by atoms with E-state index in [2.05, 4.69) is 58.3 Å². The van der Waals surface area contributed by atoms with Gasteiger partial charge in [0.25, 0.3) is 0 Å². The van der Waals surface area contributed by atoms with Gasteiger partial charge in [-0.2, -0.15) is 0 Å². The number of hydrogen-bond acceptors (Lipinski definition) is 6. The van der Waals surface area contributed by atoms with Crippen LogP contribution in [0.2, 0.25) is 0 Å². The molecule has 0 radical (unpaired) electrons. The summed E-state index contributed by atoms with van der Waals surface area (Å²) in [6.07, 6.45) is 4.79. The predicted molar refractivity (Wildman–Crippen MR) is 127 cm³/mol. The van der Waals surface area contributed by atoms with E-state index in [-0.39, 0.29) is 0 Å². The van der Waals surface area contributed by atoms with Crippen LogP contribution in [0.5, 0.6) is 0 Å². The van der Waals surface area contributed by atoms with Crippen molar-refractivity contribution in [3.63, 3.8) is 0 Å². The molecular weight excluding hydrogens is 483 g/mol. The SMILES string of the molecule is Cc1ccc2nc(/N=N/c3ccc(N(C)CCCCCCOI)cc3)sc2c1. The van der Waals surface area contributed by atoms with Crippen molar-refractivity contribution >= 4 is 61.1 Å². The second kappa shape index (κ2) is 10.8. The van der Waals surface area contributed by atoms with E-state index in [1.807, 2.05) is 41.2 Å². The van der Waals surface area contributed by atoms with Crippen molar-refractivity contribution in [3.05, 3.63) is 48.0 Å². The molecule has 2 aromatic carbocycles. The minimum Gasteiger partial charge on any atom is -0.375 e. The molecule has 0 N–H and O–H groups in total. The number of aryl methyl sites for hydroxylation is 1. The molecule has 0 fully saturated rings. The van der Waals surface area contributed by atoms with E-state index in [4.69, 9.17) is 3.07 Å². The third-order valence-electron chi connectivity index (χ3n) is 4.54. The summed E-state index contributed by atoms with van der Waals surface area (Å²) in [5.41, 5.74) is 4.24. The number of benzene rings is 2. The summed E-state index contributed by atoms with van der Waals surface area (Å²) < 4.78 is 6.20. The Morgan fingerprint density at radius 1 is 1.04 bits per heavy atom.